The number of aromatic nitrogens is 4. The lowest BCUT2D eigenvalue weighted by Crippen LogP contribution is -2.39. The molecule has 1 fully saturated rings. The highest BCUT2D eigenvalue weighted by Crippen LogP contribution is 2.30. The number of anilines is 4. The molecule has 10 heteroatoms. The van der Waals surface area contributed by atoms with E-state index >= 15 is 0 Å². The van der Waals surface area contributed by atoms with Crippen LogP contribution >= 0.6 is 11.6 Å². The van der Waals surface area contributed by atoms with Crippen molar-refractivity contribution in [3.63, 3.8) is 0 Å². The molecular formula is C23H23ClN8O. The number of carbonyl (C=O) groups is 1. The lowest BCUT2D eigenvalue weighted by Gasteiger charge is -2.12. The Balaban J connectivity index is 1.29. The molecule has 3 heterocycles. The van der Waals surface area contributed by atoms with Crippen LogP contribution in [0.3, 0.4) is 0 Å². The number of fused-ring (bicyclic) bond motifs is 1. The smallest absolute Gasteiger partial charge is 0.237 e. The zero-order valence-electron chi connectivity index (χ0n) is 17.7. The third kappa shape index (κ3) is 4.89. The van der Waals surface area contributed by atoms with E-state index in [1.165, 1.54) is 6.33 Å². The van der Waals surface area contributed by atoms with Crippen molar-refractivity contribution >= 4 is 51.6 Å². The first kappa shape index (κ1) is 21.2. The summed E-state index contributed by atoms with van der Waals surface area (Å²) in [7, 11) is 0. The molecule has 0 spiro atoms. The van der Waals surface area contributed by atoms with Crippen LogP contribution in [-0.2, 0) is 11.3 Å². The number of hydrogen-bond acceptors (Lipinski definition) is 7. The van der Waals surface area contributed by atoms with Gasteiger partial charge in [0.2, 0.25) is 5.91 Å². The average molecular weight is 463 g/mol. The van der Waals surface area contributed by atoms with E-state index in [2.05, 4.69) is 41.4 Å². The monoisotopic (exact) mass is 462 g/mol. The fourth-order valence-corrected chi connectivity index (χ4v) is 4.01. The molecule has 1 amide bonds. The molecule has 5 rings (SSSR count). The Kier molecular flexibility index (Phi) is 6.05. The number of nitrogens with one attached hydrogen (secondary N) is 5. The van der Waals surface area contributed by atoms with Crippen molar-refractivity contribution in [3.05, 3.63) is 65.4 Å². The number of benzene rings is 2. The maximum absolute atomic E-state index is 12.2. The van der Waals surface area contributed by atoms with Gasteiger partial charge in [0.05, 0.1) is 6.04 Å². The van der Waals surface area contributed by atoms with Crippen LogP contribution in [0.5, 0.6) is 0 Å². The fraction of sp³-hybridized carbons (Fsp3) is 0.217. The molecule has 168 valence electrons. The molecule has 4 aromatic rings. The first-order valence-electron chi connectivity index (χ1n) is 10.7. The van der Waals surface area contributed by atoms with E-state index in [4.69, 9.17) is 11.6 Å². The molecule has 33 heavy (non-hydrogen) atoms. The SMILES string of the molecule is O=C(NCc1ccc(Nc2[nH]nc3ncnc(Nc4cccc(Cl)c4)c23)cc1)[C@H]1CCCN1. The molecule has 1 aliphatic rings. The van der Waals surface area contributed by atoms with Crippen molar-refractivity contribution in [2.24, 2.45) is 0 Å². The summed E-state index contributed by atoms with van der Waals surface area (Å²) in [6, 6.07) is 15.2. The number of H-pyrrole nitrogens is 1. The molecule has 0 radical (unpaired) electrons. The number of halogens is 1. The van der Waals surface area contributed by atoms with Gasteiger partial charge < -0.3 is 21.3 Å². The Morgan fingerprint density at radius 1 is 1.09 bits per heavy atom. The number of carbonyl (C=O) groups excluding carboxylic acids is 1. The summed E-state index contributed by atoms with van der Waals surface area (Å²) in [5.74, 6) is 1.33. The van der Waals surface area contributed by atoms with E-state index in [0.29, 0.717) is 28.9 Å². The van der Waals surface area contributed by atoms with Crippen molar-refractivity contribution in [3.8, 4) is 0 Å². The number of amides is 1. The normalized spacial score (nSPS) is 15.5. The average Bonchev–Trinajstić information content (AvgIpc) is 3.50. The summed E-state index contributed by atoms with van der Waals surface area (Å²) in [5, 5.41) is 21.5. The Bertz CT molecular complexity index is 1270. The van der Waals surface area contributed by atoms with Gasteiger partial charge in [0, 0.05) is 22.9 Å². The molecule has 0 aliphatic carbocycles. The minimum atomic E-state index is -0.0727. The van der Waals surface area contributed by atoms with Crippen LogP contribution in [0.15, 0.2) is 54.9 Å². The Morgan fingerprint density at radius 3 is 2.76 bits per heavy atom. The number of rotatable bonds is 7. The van der Waals surface area contributed by atoms with Crippen molar-refractivity contribution in [2.75, 3.05) is 17.2 Å². The quantitative estimate of drug-likeness (QED) is 0.283. The highest BCUT2D eigenvalue weighted by atomic mass is 35.5. The second-order valence-electron chi connectivity index (χ2n) is 7.84. The molecule has 1 aliphatic heterocycles. The van der Waals surface area contributed by atoms with Gasteiger partial charge in [-0.3, -0.25) is 9.89 Å². The fourth-order valence-electron chi connectivity index (χ4n) is 3.82. The lowest BCUT2D eigenvalue weighted by molar-refractivity contribution is -0.122. The second-order valence-corrected chi connectivity index (χ2v) is 8.28. The Morgan fingerprint density at radius 2 is 1.97 bits per heavy atom. The van der Waals surface area contributed by atoms with Crippen LogP contribution in [-0.4, -0.2) is 38.7 Å². The van der Waals surface area contributed by atoms with Crippen LogP contribution in [0.2, 0.25) is 5.02 Å². The summed E-state index contributed by atoms with van der Waals surface area (Å²) < 4.78 is 0. The number of nitrogens with zero attached hydrogens (tertiary/aromatic N) is 3. The van der Waals surface area contributed by atoms with Gasteiger partial charge in [0.1, 0.15) is 23.3 Å². The van der Waals surface area contributed by atoms with Gasteiger partial charge in [0.15, 0.2) is 5.65 Å². The van der Waals surface area contributed by atoms with Gasteiger partial charge in [0.25, 0.3) is 0 Å². The molecule has 1 saturated heterocycles. The van der Waals surface area contributed by atoms with Crippen molar-refractivity contribution < 1.29 is 4.79 Å². The van der Waals surface area contributed by atoms with Crippen molar-refractivity contribution in [2.45, 2.75) is 25.4 Å². The Labute approximate surface area is 195 Å². The van der Waals surface area contributed by atoms with E-state index in [1.807, 2.05) is 48.5 Å². The molecule has 0 unspecified atom stereocenters. The summed E-state index contributed by atoms with van der Waals surface area (Å²) >= 11 is 6.10. The maximum Gasteiger partial charge on any atom is 0.237 e. The molecule has 2 aromatic heterocycles. The summed E-state index contributed by atoms with van der Waals surface area (Å²) in [5.41, 5.74) is 3.24. The van der Waals surface area contributed by atoms with Gasteiger partial charge in [-0.2, -0.15) is 5.10 Å². The third-order valence-electron chi connectivity index (χ3n) is 5.51. The van der Waals surface area contributed by atoms with Gasteiger partial charge >= 0.3 is 0 Å². The van der Waals surface area contributed by atoms with E-state index in [0.717, 1.165) is 41.7 Å². The highest BCUT2D eigenvalue weighted by Gasteiger charge is 2.21. The third-order valence-corrected chi connectivity index (χ3v) is 5.74. The number of aromatic amines is 1. The summed E-state index contributed by atoms with van der Waals surface area (Å²) in [4.78, 5) is 20.8. The minimum Gasteiger partial charge on any atom is -0.351 e. The molecular weight excluding hydrogens is 440 g/mol. The second kappa shape index (κ2) is 9.43. The zero-order valence-corrected chi connectivity index (χ0v) is 18.5. The topological polar surface area (TPSA) is 120 Å². The molecule has 1 atom stereocenters. The predicted molar refractivity (Wildman–Crippen MR) is 129 cm³/mol. The van der Waals surface area contributed by atoms with Crippen LogP contribution in [0, 0.1) is 0 Å². The van der Waals surface area contributed by atoms with Crippen molar-refractivity contribution in [1.29, 1.82) is 0 Å². The molecule has 0 saturated carbocycles. The largest absolute Gasteiger partial charge is 0.351 e. The highest BCUT2D eigenvalue weighted by molar-refractivity contribution is 6.30. The molecule has 5 N–H and O–H groups in total. The standard InChI is InChI=1S/C23H23ClN8O/c24-15-3-1-4-17(11-15)30-20-19-21(28-13-27-20)31-32-22(19)29-16-8-6-14(7-9-16)12-26-23(33)18-5-2-10-25-18/h1,3-4,6-9,11,13,18,25H,2,5,10,12H2,(H,26,33)(H3,27,28,29,30,31,32)/t18-/m1/s1. The zero-order chi connectivity index (χ0) is 22.6. The predicted octanol–water partition coefficient (Wildman–Crippen LogP) is 3.86. The lowest BCUT2D eigenvalue weighted by atomic mass is 10.2. The summed E-state index contributed by atoms with van der Waals surface area (Å²) in [6.45, 7) is 1.40. The van der Waals surface area contributed by atoms with E-state index < -0.39 is 0 Å². The Hall–Kier alpha value is -3.69. The van der Waals surface area contributed by atoms with Crippen LogP contribution < -0.4 is 21.3 Å². The van der Waals surface area contributed by atoms with E-state index in [1.54, 1.807) is 0 Å². The maximum atomic E-state index is 12.2. The van der Waals surface area contributed by atoms with Gasteiger partial charge in [-0.25, -0.2) is 9.97 Å². The summed E-state index contributed by atoms with van der Waals surface area (Å²) in [6.07, 6.45) is 3.40. The van der Waals surface area contributed by atoms with E-state index in [9.17, 15) is 4.79 Å². The first-order chi connectivity index (χ1) is 16.2. The molecule has 0 bridgehead atoms. The van der Waals surface area contributed by atoms with Crippen molar-refractivity contribution in [1.82, 2.24) is 30.8 Å². The van der Waals surface area contributed by atoms with Gasteiger partial charge in [-0.1, -0.05) is 29.8 Å². The first-order valence-corrected chi connectivity index (χ1v) is 11.1. The van der Waals surface area contributed by atoms with Crippen LogP contribution in [0.1, 0.15) is 18.4 Å². The van der Waals surface area contributed by atoms with E-state index in [-0.39, 0.29) is 11.9 Å². The minimum absolute atomic E-state index is 0.0540. The molecule has 9 nitrogen and oxygen atoms in total. The van der Waals surface area contributed by atoms with Crippen LogP contribution in [0.25, 0.3) is 11.0 Å². The van der Waals surface area contributed by atoms with Gasteiger partial charge in [-0.05, 0) is 55.3 Å². The van der Waals surface area contributed by atoms with Crippen LogP contribution in [0.4, 0.5) is 23.0 Å². The number of hydrogen-bond donors (Lipinski definition) is 5. The molecule has 2 aromatic carbocycles. The van der Waals surface area contributed by atoms with Gasteiger partial charge in [-0.15, -0.1) is 0 Å².